The van der Waals surface area contributed by atoms with E-state index in [1.54, 1.807) is 6.20 Å². The molecule has 1 N–H and O–H groups in total. The Morgan fingerprint density at radius 3 is 3.00 bits per heavy atom. The number of hydrogen-bond donors (Lipinski definition) is 1. The topological polar surface area (TPSA) is 85.6 Å². The maximum atomic E-state index is 11.8. The van der Waals surface area contributed by atoms with Gasteiger partial charge in [0.1, 0.15) is 12.9 Å². The van der Waals surface area contributed by atoms with Gasteiger partial charge in [-0.3, -0.25) is 4.79 Å². The van der Waals surface area contributed by atoms with E-state index in [4.69, 9.17) is 11.6 Å². The maximum Gasteiger partial charge on any atom is 0.248 e. The quantitative estimate of drug-likeness (QED) is 0.771. The fraction of sp³-hybridized carbons (Fsp3) is 0.154. The lowest BCUT2D eigenvalue weighted by molar-refractivity contribution is -0.116. The van der Waals surface area contributed by atoms with Crippen molar-refractivity contribution < 1.29 is 4.79 Å². The van der Waals surface area contributed by atoms with Crippen molar-refractivity contribution in [2.45, 2.75) is 13.0 Å². The van der Waals surface area contributed by atoms with Crippen LogP contribution in [0, 0.1) is 0 Å². The van der Waals surface area contributed by atoms with Gasteiger partial charge in [-0.25, -0.2) is 9.67 Å². The Morgan fingerprint density at radius 2 is 2.23 bits per heavy atom. The summed E-state index contributed by atoms with van der Waals surface area (Å²) in [6.45, 7) is 0.0480. The SMILES string of the molecule is O=C(Cn1cnnn1)Nc1ncc(Cc2ccccc2Cl)s1. The fourth-order valence-corrected chi connectivity index (χ4v) is 2.89. The molecule has 0 saturated heterocycles. The molecule has 0 saturated carbocycles. The van der Waals surface area contributed by atoms with Crippen LogP contribution in [0.3, 0.4) is 0 Å². The summed E-state index contributed by atoms with van der Waals surface area (Å²) in [5.74, 6) is -0.231. The number of rotatable bonds is 5. The van der Waals surface area contributed by atoms with Crippen molar-refractivity contribution in [2.24, 2.45) is 0 Å². The van der Waals surface area contributed by atoms with Crippen LogP contribution < -0.4 is 5.32 Å². The van der Waals surface area contributed by atoms with E-state index in [0.29, 0.717) is 11.6 Å². The van der Waals surface area contributed by atoms with E-state index in [1.165, 1.54) is 22.3 Å². The molecular formula is C13H11ClN6OS. The van der Waals surface area contributed by atoms with Gasteiger partial charge in [-0.1, -0.05) is 29.8 Å². The average molecular weight is 335 g/mol. The summed E-state index contributed by atoms with van der Waals surface area (Å²) in [4.78, 5) is 17.0. The smallest absolute Gasteiger partial charge is 0.248 e. The molecule has 1 aromatic carbocycles. The van der Waals surface area contributed by atoms with Gasteiger partial charge >= 0.3 is 0 Å². The van der Waals surface area contributed by atoms with E-state index < -0.39 is 0 Å². The van der Waals surface area contributed by atoms with Crippen molar-refractivity contribution in [3.8, 4) is 0 Å². The standard InChI is InChI=1S/C13H11ClN6OS/c14-11-4-2-1-3-9(11)5-10-6-15-13(22-10)17-12(21)7-20-8-16-18-19-20/h1-4,6,8H,5,7H2,(H,15,17,21). The van der Waals surface area contributed by atoms with E-state index >= 15 is 0 Å². The van der Waals surface area contributed by atoms with Gasteiger partial charge in [0, 0.05) is 22.5 Å². The minimum Gasteiger partial charge on any atom is -0.300 e. The molecule has 1 amide bonds. The number of hydrogen-bond acceptors (Lipinski definition) is 6. The van der Waals surface area contributed by atoms with Gasteiger partial charge in [0.2, 0.25) is 5.91 Å². The van der Waals surface area contributed by atoms with Crippen molar-refractivity contribution in [1.82, 2.24) is 25.2 Å². The Labute approximate surface area is 134 Å². The number of anilines is 1. The third-order valence-electron chi connectivity index (χ3n) is 2.82. The summed E-state index contributed by atoms with van der Waals surface area (Å²) in [6.07, 6.45) is 3.80. The number of nitrogens with zero attached hydrogens (tertiary/aromatic N) is 5. The Hall–Kier alpha value is -2.32. The normalized spacial score (nSPS) is 10.6. The lowest BCUT2D eigenvalue weighted by Crippen LogP contribution is -2.18. The average Bonchev–Trinajstić information content (AvgIpc) is 3.14. The summed E-state index contributed by atoms with van der Waals surface area (Å²) in [5.41, 5.74) is 1.03. The van der Waals surface area contributed by atoms with Gasteiger partial charge in [-0.2, -0.15) is 0 Å². The van der Waals surface area contributed by atoms with Crippen LogP contribution in [0.2, 0.25) is 5.02 Å². The lowest BCUT2D eigenvalue weighted by atomic mass is 10.1. The molecular weight excluding hydrogens is 324 g/mol. The van der Waals surface area contributed by atoms with E-state index in [2.05, 4.69) is 25.8 Å². The van der Waals surface area contributed by atoms with Crippen LogP contribution in [0.15, 0.2) is 36.8 Å². The number of halogens is 1. The number of carbonyl (C=O) groups is 1. The molecule has 0 atom stereocenters. The van der Waals surface area contributed by atoms with Crippen molar-refractivity contribution in [3.05, 3.63) is 52.3 Å². The second-order valence-corrected chi connectivity index (χ2v) is 5.98. The number of carbonyl (C=O) groups excluding carboxylic acids is 1. The highest BCUT2D eigenvalue weighted by Gasteiger charge is 2.09. The number of nitrogens with one attached hydrogen (secondary N) is 1. The first-order valence-corrected chi connectivity index (χ1v) is 7.59. The summed E-state index contributed by atoms with van der Waals surface area (Å²) in [7, 11) is 0. The maximum absolute atomic E-state index is 11.8. The highest BCUT2D eigenvalue weighted by atomic mass is 35.5. The first-order valence-electron chi connectivity index (χ1n) is 6.39. The molecule has 3 aromatic rings. The second kappa shape index (κ2) is 6.63. The van der Waals surface area contributed by atoms with Gasteiger partial charge in [-0.05, 0) is 22.1 Å². The number of amides is 1. The van der Waals surface area contributed by atoms with E-state index in [-0.39, 0.29) is 12.5 Å². The number of tetrazole rings is 1. The molecule has 0 radical (unpaired) electrons. The highest BCUT2D eigenvalue weighted by Crippen LogP contribution is 2.24. The Morgan fingerprint density at radius 1 is 1.36 bits per heavy atom. The molecule has 0 aliphatic carbocycles. The third kappa shape index (κ3) is 3.66. The van der Waals surface area contributed by atoms with Crippen LogP contribution in [0.25, 0.3) is 0 Å². The zero-order valence-corrected chi connectivity index (χ0v) is 12.9. The van der Waals surface area contributed by atoms with Crippen molar-refractivity contribution in [2.75, 3.05) is 5.32 Å². The molecule has 9 heteroatoms. The van der Waals surface area contributed by atoms with Gasteiger partial charge in [0.15, 0.2) is 5.13 Å². The molecule has 0 spiro atoms. The molecule has 2 aromatic heterocycles. The molecule has 0 aliphatic rings. The molecule has 2 heterocycles. The van der Waals surface area contributed by atoms with Crippen molar-refractivity contribution in [3.63, 3.8) is 0 Å². The van der Waals surface area contributed by atoms with Gasteiger partial charge in [0.25, 0.3) is 0 Å². The highest BCUT2D eigenvalue weighted by molar-refractivity contribution is 7.15. The minimum atomic E-state index is -0.231. The van der Waals surface area contributed by atoms with Gasteiger partial charge in [-0.15, -0.1) is 16.4 Å². The Kier molecular flexibility index (Phi) is 4.40. The largest absolute Gasteiger partial charge is 0.300 e. The Bertz CT molecular complexity index is 772. The van der Waals surface area contributed by atoms with Crippen LogP contribution in [0.5, 0.6) is 0 Å². The fourth-order valence-electron chi connectivity index (χ4n) is 1.84. The van der Waals surface area contributed by atoms with Crippen LogP contribution in [-0.4, -0.2) is 31.1 Å². The second-order valence-electron chi connectivity index (χ2n) is 4.46. The number of benzene rings is 1. The van der Waals surface area contributed by atoms with Crippen LogP contribution in [-0.2, 0) is 17.8 Å². The van der Waals surface area contributed by atoms with E-state index in [1.807, 2.05) is 24.3 Å². The van der Waals surface area contributed by atoms with Crippen LogP contribution in [0.4, 0.5) is 5.13 Å². The Balaban J connectivity index is 1.61. The lowest BCUT2D eigenvalue weighted by Gasteiger charge is -2.01. The number of aromatic nitrogens is 5. The molecule has 3 rings (SSSR count). The first-order chi connectivity index (χ1) is 10.7. The van der Waals surface area contributed by atoms with Crippen molar-refractivity contribution in [1.29, 1.82) is 0 Å². The number of thiazole rings is 1. The summed E-state index contributed by atoms with van der Waals surface area (Å²) < 4.78 is 1.34. The molecule has 7 nitrogen and oxygen atoms in total. The van der Waals surface area contributed by atoms with E-state index in [0.717, 1.165) is 15.5 Å². The third-order valence-corrected chi connectivity index (χ3v) is 4.10. The zero-order chi connectivity index (χ0) is 15.4. The van der Waals surface area contributed by atoms with Crippen LogP contribution >= 0.6 is 22.9 Å². The van der Waals surface area contributed by atoms with E-state index in [9.17, 15) is 4.79 Å². The molecule has 0 bridgehead atoms. The molecule has 0 unspecified atom stereocenters. The zero-order valence-electron chi connectivity index (χ0n) is 11.3. The predicted octanol–water partition coefficient (Wildman–Crippen LogP) is 2.01. The molecule has 0 fully saturated rings. The summed E-state index contributed by atoms with van der Waals surface area (Å²) in [6, 6.07) is 7.66. The minimum absolute atomic E-state index is 0.0480. The molecule has 112 valence electrons. The first kappa shape index (κ1) is 14.6. The summed E-state index contributed by atoms with van der Waals surface area (Å²) >= 11 is 7.55. The predicted molar refractivity (Wildman–Crippen MR) is 82.8 cm³/mol. The van der Waals surface area contributed by atoms with Crippen molar-refractivity contribution >= 4 is 34.0 Å². The monoisotopic (exact) mass is 334 g/mol. The molecule has 0 aliphatic heterocycles. The summed E-state index contributed by atoms with van der Waals surface area (Å²) in [5, 5.41) is 14.6. The molecule has 22 heavy (non-hydrogen) atoms. The van der Waals surface area contributed by atoms with Gasteiger partial charge in [0.05, 0.1) is 0 Å². The van der Waals surface area contributed by atoms with Gasteiger partial charge < -0.3 is 5.32 Å². The van der Waals surface area contributed by atoms with Crippen LogP contribution in [0.1, 0.15) is 10.4 Å².